The molecule has 0 radical (unpaired) electrons. The fourth-order valence-corrected chi connectivity index (χ4v) is 1.63. The number of rotatable bonds is 4. The molecule has 0 aliphatic carbocycles. The number of aromatic nitrogens is 1. The lowest BCUT2D eigenvalue weighted by atomic mass is 10.1. The number of amides is 1. The van der Waals surface area contributed by atoms with E-state index in [1.165, 1.54) is 13.1 Å². The summed E-state index contributed by atoms with van der Waals surface area (Å²) in [6, 6.07) is 3.19. The smallest absolute Gasteiger partial charge is 0.335 e. The van der Waals surface area contributed by atoms with Crippen LogP contribution >= 0.6 is 0 Å². The van der Waals surface area contributed by atoms with Gasteiger partial charge in [0.2, 0.25) is 0 Å². The molecule has 0 fully saturated rings. The molecule has 1 aromatic heterocycles. The van der Waals surface area contributed by atoms with Gasteiger partial charge in [-0.25, -0.2) is 4.79 Å². The fourth-order valence-electron chi connectivity index (χ4n) is 1.63. The first-order chi connectivity index (χ1) is 9.90. The summed E-state index contributed by atoms with van der Waals surface area (Å²) < 4.78 is 4.73. The number of aryl methyl sites for hydroxylation is 1. The standard InChI is InChI=1S/C12H9N3O6/c1-6-8(5-13-21-6)11(16)14-9-3-2-7(12(17)18)4-10(9)15(19)20/h2-5H,1H3,(H,14,16)(H,17,18). The van der Waals surface area contributed by atoms with Crippen LogP contribution in [-0.4, -0.2) is 27.1 Å². The first-order valence-electron chi connectivity index (χ1n) is 5.64. The molecule has 1 heterocycles. The van der Waals surface area contributed by atoms with Gasteiger partial charge in [0.1, 0.15) is 17.0 Å². The fraction of sp³-hybridized carbons (Fsp3) is 0.0833. The van der Waals surface area contributed by atoms with Crippen LogP contribution in [-0.2, 0) is 0 Å². The number of hydrogen-bond donors (Lipinski definition) is 2. The maximum atomic E-state index is 11.9. The van der Waals surface area contributed by atoms with Crippen LogP contribution in [0.4, 0.5) is 11.4 Å². The van der Waals surface area contributed by atoms with E-state index in [4.69, 9.17) is 9.63 Å². The van der Waals surface area contributed by atoms with Gasteiger partial charge in [0.05, 0.1) is 16.7 Å². The Balaban J connectivity index is 2.36. The second-order valence-corrected chi connectivity index (χ2v) is 4.04. The number of nitro benzene ring substituents is 1. The van der Waals surface area contributed by atoms with Crippen molar-refractivity contribution in [2.24, 2.45) is 0 Å². The summed E-state index contributed by atoms with van der Waals surface area (Å²) in [4.78, 5) is 32.9. The van der Waals surface area contributed by atoms with Gasteiger partial charge in [0.15, 0.2) is 0 Å². The number of carboxylic acid groups (broad SMARTS) is 1. The highest BCUT2D eigenvalue weighted by Crippen LogP contribution is 2.26. The molecule has 2 N–H and O–H groups in total. The Hall–Kier alpha value is -3.23. The summed E-state index contributed by atoms with van der Waals surface area (Å²) >= 11 is 0. The second-order valence-electron chi connectivity index (χ2n) is 4.04. The van der Waals surface area contributed by atoms with Gasteiger partial charge in [0, 0.05) is 6.07 Å². The Morgan fingerprint density at radius 3 is 2.67 bits per heavy atom. The Morgan fingerprint density at radius 2 is 2.14 bits per heavy atom. The average molecular weight is 291 g/mol. The van der Waals surface area contributed by atoms with Crippen molar-refractivity contribution in [2.45, 2.75) is 6.92 Å². The summed E-state index contributed by atoms with van der Waals surface area (Å²) in [5, 5.41) is 25.5. The lowest BCUT2D eigenvalue weighted by Crippen LogP contribution is -2.14. The minimum atomic E-state index is -1.30. The van der Waals surface area contributed by atoms with Crippen LogP contribution in [0.1, 0.15) is 26.5 Å². The third kappa shape index (κ3) is 2.86. The Morgan fingerprint density at radius 1 is 1.43 bits per heavy atom. The van der Waals surface area contributed by atoms with Crippen LogP contribution in [0.25, 0.3) is 0 Å². The molecule has 0 spiro atoms. The quantitative estimate of drug-likeness (QED) is 0.647. The maximum absolute atomic E-state index is 11.9. The zero-order chi connectivity index (χ0) is 15.6. The number of aromatic carboxylic acids is 1. The lowest BCUT2D eigenvalue weighted by Gasteiger charge is -2.05. The molecule has 0 aliphatic heterocycles. The summed E-state index contributed by atoms with van der Waals surface area (Å²) in [5.74, 6) is -1.68. The highest BCUT2D eigenvalue weighted by atomic mass is 16.6. The summed E-state index contributed by atoms with van der Waals surface area (Å²) in [6.45, 7) is 1.52. The Kier molecular flexibility index (Phi) is 3.65. The molecule has 0 saturated carbocycles. The van der Waals surface area contributed by atoms with Crippen molar-refractivity contribution in [3.63, 3.8) is 0 Å². The zero-order valence-corrected chi connectivity index (χ0v) is 10.7. The maximum Gasteiger partial charge on any atom is 0.335 e. The number of anilines is 1. The zero-order valence-electron chi connectivity index (χ0n) is 10.7. The van der Waals surface area contributed by atoms with E-state index in [9.17, 15) is 19.7 Å². The van der Waals surface area contributed by atoms with Crippen molar-refractivity contribution < 1.29 is 24.1 Å². The van der Waals surface area contributed by atoms with Gasteiger partial charge in [-0.15, -0.1) is 0 Å². The van der Waals surface area contributed by atoms with Gasteiger partial charge in [-0.1, -0.05) is 5.16 Å². The number of carbonyl (C=O) groups excluding carboxylic acids is 1. The molecular formula is C12H9N3O6. The van der Waals surface area contributed by atoms with Crippen molar-refractivity contribution in [3.8, 4) is 0 Å². The van der Waals surface area contributed by atoms with Gasteiger partial charge < -0.3 is 14.9 Å². The number of carbonyl (C=O) groups is 2. The summed E-state index contributed by atoms with van der Waals surface area (Å²) in [7, 11) is 0. The molecule has 0 saturated heterocycles. The number of nitrogens with zero attached hydrogens (tertiary/aromatic N) is 2. The van der Waals surface area contributed by atoms with E-state index in [0.29, 0.717) is 0 Å². The van der Waals surface area contributed by atoms with Crippen molar-refractivity contribution >= 4 is 23.3 Å². The molecule has 0 atom stereocenters. The van der Waals surface area contributed by atoms with Gasteiger partial charge in [0.25, 0.3) is 11.6 Å². The largest absolute Gasteiger partial charge is 0.478 e. The third-order valence-electron chi connectivity index (χ3n) is 2.68. The number of nitrogens with one attached hydrogen (secondary N) is 1. The van der Waals surface area contributed by atoms with E-state index in [1.54, 1.807) is 0 Å². The van der Waals surface area contributed by atoms with E-state index in [2.05, 4.69) is 10.5 Å². The number of carboxylic acids is 1. The molecule has 108 valence electrons. The highest BCUT2D eigenvalue weighted by Gasteiger charge is 2.21. The van der Waals surface area contributed by atoms with Crippen LogP contribution < -0.4 is 5.32 Å². The monoisotopic (exact) mass is 291 g/mol. The van der Waals surface area contributed by atoms with Crippen LogP contribution in [0.3, 0.4) is 0 Å². The van der Waals surface area contributed by atoms with Crippen LogP contribution in [0.5, 0.6) is 0 Å². The van der Waals surface area contributed by atoms with Crippen LogP contribution in [0.15, 0.2) is 28.9 Å². The molecule has 1 amide bonds. The first-order valence-corrected chi connectivity index (χ1v) is 5.64. The number of benzene rings is 1. The number of nitro groups is 1. The van der Waals surface area contributed by atoms with Gasteiger partial charge in [-0.05, 0) is 19.1 Å². The van der Waals surface area contributed by atoms with E-state index in [0.717, 1.165) is 18.2 Å². The predicted octanol–water partition coefficient (Wildman–Crippen LogP) is 1.84. The Labute approximate surface area is 117 Å². The van der Waals surface area contributed by atoms with Gasteiger partial charge >= 0.3 is 5.97 Å². The predicted molar refractivity (Wildman–Crippen MR) is 69.2 cm³/mol. The average Bonchev–Trinajstić information content (AvgIpc) is 2.85. The minimum Gasteiger partial charge on any atom is -0.478 e. The molecule has 9 heteroatoms. The Bertz CT molecular complexity index is 736. The molecule has 0 bridgehead atoms. The van der Waals surface area contributed by atoms with Crippen LogP contribution in [0, 0.1) is 17.0 Å². The molecule has 0 aliphatic rings. The molecule has 1 aromatic carbocycles. The molecule has 21 heavy (non-hydrogen) atoms. The summed E-state index contributed by atoms with van der Waals surface area (Å²) in [6.07, 6.45) is 1.18. The molecule has 2 aromatic rings. The minimum absolute atomic E-state index is 0.115. The van der Waals surface area contributed by atoms with Crippen LogP contribution in [0.2, 0.25) is 0 Å². The third-order valence-corrected chi connectivity index (χ3v) is 2.68. The van der Waals surface area contributed by atoms with Crippen molar-refractivity contribution in [2.75, 3.05) is 5.32 Å². The van der Waals surface area contributed by atoms with E-state index < -0.39 is 22.5 Å². The van der Waals surface area contributed by atoms with E-state index >= 15 is 0 Å². The van der Waals surface area contributed by atoms with Crippen molar-refractivity contribution in [1.82, 2.24) is 5.16 Å². The van der Waals surface area contributed by atoms with E-state index in [-0.39, 0.29) is 22.6 Å². The number of hydrogen-bond acceptors (Lipinski definition) is 6. The van der Waals surface area contributed by atoms with Gasteiger partial charge in [-0.2, -0.15) is 0 Å². The SMILES string of the molecule is Cc1oncc1C(=O)Nc1ccc(C(=O)O)cc1[N+](=O)[O-]. The molecule has 9 nitrogen and oxygen atoms in total. The topological polar surface area (TPSA) is 136 Å². The van der Waals surface area contributed by atoms with Crippen molar-refractivity contribution in [1.29, 1.82) is 0 Å². The molecule has 0 unspecified atom stereocenters. The van der Waals surface area contributed by atoms with Gasteiger partial charge in [-0.3, -0.25) is 14.9 Å². The highest BCUT2D eigenvalue weighted by molar-refractivity contribution is 6.06. The first kappa shape index (κ1) is 14.2. The summed E-state index contributed by atoms with van der Waals surface area (Å²) in [5.41, 5.74) is -0.750. The normalized spacial score (nSPS) is 10.1. The lowest BCUT2D eigenvalue weighted by molar-refractivity contribution is -0.383. The van der Waals surface area contributed by atoms with Crippen molar-refractivity contribution in [3.05, 3.63) is 51.4 Å². The second kappa shape index (κ2) is 5.41. The molecular weight excluding hydrogens is 282 g/mol. The van der Waals surface area contributed by atoms with E-state index in [1.807, 2.05) is 0 Å². The molecule has 2 rings (SSSR count).